The molecule has 2 aromatic rings. The number of carbonyl (C=O) groups is 4. The average molecular weight is 735 g/mol. The van der Waals surface area contributed by atoms with Gasteiger partial charge in [-0.1, -0.05) is 99.2 Å². The van der Waals surface area contributed by atoms with Gasteiger partial charge in [0.15, 0.2) is 12.6 Å². The van der Waals surface area contributed by atoms with Crippen LogP contribution in [0.15, 0.2) is 60.7 Å². The third kappa shape index (κ3) is 9.83. The summed E-state index contributed by atoms with van der Waals surface area (Å²) in [5.41, 5.74) is -1.07. The lowest BCUT2D eigenvalue weighted by Gasteiger charge is -2.40. The molecule has 0 spiro atoms. The Morgan fingerprint density at radius 1 is 0.736 bits per heavy atom. The lowest BCUT2D eigenvalue weighted by atomic mass is 9.87. The van der Waals surface area contributed by atoms with Gasteiger partial charge < -0.3 is 33.7 Å². The number of ether oxygens (including phenoxy) is 6. The SMILES string of the molecule is CC1(C(=O)OCC(C)(COC(=O)C2COC(c3ccccc3)OC2)C(=O)N(C(=O)NC2CCCCC2)C2CCCCC2)COC(c2ccccc2)OC1. The van der Waals surface area contributed by atoms with Gasteiger partial charge in [-0.3, -0.25) is 19.3 Å². The van der Waals surface area contributed by atoms with E-state index < -0.39 is 66.4 Å². The summed E-state index contributed by atoms with van der Waals surface area (Å²) in [5.74, 6) is -2.50. The van der Waals surface area contributed by atoms with E-state index in [9.17, 15) is 19.2 Å². The second kappa shape index (κ2) is 18.0. The monoisotopic (exact) mass is 734 g/mol. The minimum absolute atomic E-state index is 0.0194. The Balaban J connectivity index is 1.16. The van der Waals surface area contributed by atoms with Crippen molar-refractivity contribution in [2.45, 2.75) is 103 Å². The number of hydrogen-bond donors (Lipinski definition) is 1. The first-order valence-electron chi connectivity index (χ1n) is 19.2. The molecule has 288 valence electrons. The minimum atomic E-state index is -1.59. The van der Waals surface area contributed by atoms with Gasteiger partial charge in [0.25, 0.3) is 0 Å². The number of urea groups is 1. The van der Waals surface area contributed by atoms with Gasteiger partial charge in [0.1, 0.15) is 30.0 Å². The van der Waals surface area contributed by atoms with E-state index in [4.69, 9.17) is 28.4 Å². The molecule has 12 heteroatoms. The van der Waals surface area contributed by atoms with Crippen molar-refractivity contribution in [3.8, 4) is 0 Å². The van der Waals surface area contributed by atoms with E-state index >= 15 is 0 Å². The van der Waals surface area contributed by atoms with Crippen molar-refractivity contribution in [3.63, 3.8) is 0 Å². The van der Waals surface area contributed by atoms with Crippen LogP contribution in [-0.4, -0.2) is 80.5 Å². The number of rotatable bonds is 11. The molecule has 1 N–H and O–H groups in total. The summed E-state index contributed by atoms with van der Waals surface area (Å²) in [5, 5.41) is 3.13. The Bertz CT molecular complexity index is 1510. The zero-order chi connectivity index (χ0) is 37.3. The van der Waals surface area contributed by atoms with E-state index in [1.54, 1.807) is 13.8 Å². The molecule has 2 heterocycles. The lowest BCUT2D eigenvalue weighted by molar-refractivity contribution is -0.237. The Morgan fingerprint density at radius 2 is 1.25 bits per heavy atom. The highest BCUT2D eigenvalue weighted by atomic mass is 16.7. The molecule has 6 rings (SSSR count). The molecule has 2 aromatic carbocycles. The van der Waals surface area contributed by atoms with Crippen LogP contribution < -0.4 is 5.32 Å². The Morgan fingerprint density at radius 3 is 1.81 bits per heavy atom. The molecule has 2 aliphatic heterocycles. The number of esters is 2. The van der Waals surface area contributed by atoms with Crippen LogP contribution in [0.3, 0.4) is 0 Å². The number of amides is 3. The van der Waals surface area contributed by atoms with Crippen molar-refractivity contribution >= 4 is 23.9 Å². The fraction of sp³-hybridized carbons (Fsp3) is 0.610. The first kappa shape index (κ1) is 38.9. The van der Waals surface area contributed by atoms with Crippen molar-refractivity contribution in [3.05, 3.63) is 71.8 Å². The van der Waals surface area contributed by atoms with Crippen LogP contribution in [0.5, 0.6) is 0 Å². The molecular weight excluding hydrogens is 680 g/mol. The highest BCUT2D eigenvalue weighted by molar-refractivity contribution is 5.98. The molecule has 1 unspecified atom stereocenters. The topological polar surface area (TPSA) is 139 Å². The molecule has 1 atom stereocenters. The molecule has 0 bridgehead atoms. The molecule has 0 radical (unpaired) electrons. The summed E-state index contributed by atoms with van der Waals surface area (Å²) < 4.78 is 35.3. The Hall–Kier alpha value is -3.84. The van der Waals surface area contributed by atoms with Gasteiger partial charge in [0.05, 0.1) is 26.4 Å². The molecule has 2 saturated heterocycles. The van der Waals surface area contributed by atoms with E-state index in [0.29, 0.717) is 12.8 Å². The number of carbonyl (C=O) groups excluding carboxylic acids is 4. The van der Waals surface area contributed by atoms with E-state index in [0.717, 1.165) is 62.5 Å². The summed E-state index contributed by atoms with van der Waals surface area (Å²) in [6.07, 6.45) is 7.81. The Kier molecular flexibility index (Phi) is 13.2. The van der Waals surface area contributed by atoms with Gasteiger partial charge in [-0.25, -0.2) is 4.79 Å². The molecule has 2 saturated carbocycles. The van der Waals surface area contributed by atoms with Crippen LogP contribution in [0.25, 0.3) is 0 Å². The van der Waals surface area contributed by atoms with E-state index in [2.05, 4.69) is 5.32 Å². The molecule has 4 fully saturated rings. The number of nitrogens with one attached hydrogen (secondary N) is 1. The molecule has 3 amide bonds. The van der Waals surface area contributed by atoms with Crippen molar-refractivity contribution in [1.29, 1.82) is 0 Å². The van der Waals surface area contributed by atoms with Crippen LogP contribution in [0.1, 0.15) is 102 Å². The lowest BCUT2D eigenvalue weighted by Crippen LogP contribution is -2.58. The van der Waals surface area contributed by atoms with Crippen LogP contribution in [-0.2, 0) is 42.8 Å². The van der Waals surface area contributed by atoms with E-state index in [-0.39, 0.29) is 38.5 Å². The van der Waals surface area contributed by atoms with Crippen LogP contribution >= 0.6 is 0 Å². The predicted molar refractivity (Wildman–Crippen MR) is 193 cm³/mol. The van der Waals surface area contributed by atoms with Crippen molar-refractivity contribution in [2.24, 2.45) is 16.7 Å². The zero-order valence-corrected chi connectivity index (χ0v) is 31.0. The summed E-state index contributed by atoms with van der Waals surface area (Å²) in [6.45, 7) is 2.63. The third-order valence-corrected chi connectivity index (χ3v) is 10.9. The quantitative estimate of drug-likeness (QED) is 0.258. The maximum atomic E-state index is 14.8. The van der Waals surface area contributed by atoms with Crippen molar-refractivity contribution in [2.75, 3.05) is 39.6 Å². The largest absolute Gasteiger partial charge is 0.464 e. The molecule has 12 nitrogen and oxygen atoms in total. The predicted octanol–water partition coefficient (Wildman–Crippen LogP) is 6.40. The standard InChI is InChI=1S/C41H54N2O10/c1-40(25-50-34(44)31-23-48-35(49-24-31)29-15-7-3-8-16-29,26-53-38(46)41(2)27-51-36(52-28-41)30-17-9-4-10-18-30)37(45)43(33-21-13-6-14-22-33)39(47)42-32-19-11-5-12-20-32/h3-4,7-10,15-18,31-33,35-36H,5-6,11-14,19-28H2,1-2H3,(H,42,47). The summed E-state index contributed by atoms with van der Waals surface area (Å²) in [6, 6.07) is 18.1. The number of imide groups is 1. The molecular formula is C41H54N2O10. The molecule has 4 aliphatic rings. The summed E-state index contributed by atoms with van der Waals surface area (Å²) in [7, 11) is 0. The van der Waals surface area contributed by atoms with Crippen molar-refractivity contribution in [1.82, 2.24) is 10.2 Å². The second-order valence-corrected chi connectivity index (χ2v) is 15.5. The summed E-state index contributed by atoms with van der Waals surface area (Å²) in [4.78, 5) is 57.3. The number of hydrogen-bond acceptors (Lipinski definition) is 10. The average Bonchev–Trinajstić information content (AvgIpc) is 3.21. The second-order valence-electron chi connectivity index (χ2n) is 15.5. The minimum Gasteiger partial charge on any atom is -0.464 e. The highest BCUT2D eigenvalue weighted by Gasteiger charge is 2.48. The Labute approximate surface area is 312 Å². The normalized spacial score (nSPS) is 26.8. The fourth-order valence-corrected chi connectivity index (χ4v) is 7.43. The third-order valence-electron chi connectivity index (χ3n) is 10.9. The van der Waals surface area contributed by atoms with Gasteiger partial charge in [-0.15, -0.1) is 0 Å². The van der Waals surface area contributed by atoms with Gasteiger partial charge in [-0.05, 0) is 39.5 Å². The molecule has 0 aromatic heterocycles. The summed E-state index contributed by atoms with van der Waals surface area (Å²) >= 11 is 0. The van der Waals surface area contributed by atoms with Crippen molar-refractivity contribution < 1.29 is 47.6 Å². The van der Waals surface area contributed by atoms with Gasteiger partial charge in [-0.2, -0.15) is 0 Å². The highest BCUT2D eigenvalue weighted by Crippen LogP contribution is 2.35. The van der Waals surface area contributed by atoms with E-state index in [1.165, 1.54) is 4.90 Å². The zero-order valence-electron chi connectivity index (χ0n) is 31.0. The first-order valence-corrected chi connectivity index (χ1v) is 19.2. The number of benzene rings is 2. The van der Waals surface area contributed by atoms with Crippen LogP contribution in [0, 0.1) is 16.7 Å². The maximum Gasteiger partial charge on any atom is 0.324 e. The van der Waals surface area contributed by atoms with Crippen LogP contribution in [0.2, 0.25) is 0 Å². The molecule has 53 heavy (non-hydrogen) atoms. The van der Waals surface area contributed by atoms with Gasteiger partial charge >= 0.3 is 18.0 Å². The van der Waals surface area contributed by atoms with Crippen LogP contribution in [0.4, 0.5) is 4.79 Å². The fourth-order valence-electron chi connectivity index (χ4n) is 7.43. The number of nitrogens with zero attached hydrogens (tertiary/aromatic N) is 1. The van der Waals surface area contributed by atoms with Gasteiger partial charge in [0, 0.05) is 23.2 Å². The maximum absolute atomic E-state index is 14.8. The molecule has 2 aliphatic carbocycles. The van der Waals surface area contributed by atoms with E-state index in [1.807, 2.05) is 60.7 Å². The smallest absolute Gasteiger partial charge is 0.324 e. The first-order chi connectivity index (χ1) is 25.6. The van der Waals surface area contributed by atoms with Gasteiger partial charge in [0.2, 0.25) is 5.91 Å².